The van der Waals surface area contributed by atoms with Crippen LogP contribution < -0.4 is 0 Å². The van der Waals surface area contributed by atoms with Gasteiger partial charge in [-0.25, -0.2) is 5.53 Å². The molecule has 0 bridgehead atoms. The maximum atomic E-state index is 10.1. The Morgan fingerprint density at radius 1 is 1.30 bits per heavy atom. The fraction of sp³-hybridized carbons (Fsp3) is 0. The number of hydrogen-bond donors (Lipinski definition) is 1. The molecule has 0 spiro atoms. The number of benzene rings is 1. The van der Waals surface area contributed by atoms with Crippen molar-refractivity contribution in [2.75, 3.05) is 0 Å². The maximum Gasteiger partial charge on any atom is 0.150 e. The molecule has 10 heavy (non-hydrogen) atoms. The highest BCUT2D eigenvalue weighted by molar-refractivity contribution is 5.75. The molecule has 0 atom stereocenters. The third kappa shape index (κ3) is 1.25. The molecule has 1 rings (SSSR count). The molecule has 1 aromatic carbocycles. The number of carbonyl (C=O) groups is 1. The zero-order valence-electron chi connectivity index (χ0n) is 5.24. The van der Waals surface area contributed by atoms with Gasteiger partial charge in [0.15, 0.2) is 0 Å². The van der Waals surface area contributed by atoms with Crippen LogP contribution in [-0.4, -0.2) is 6.29 Å². The summed E-state index contributed by atoms with van der Waals surface area (Å²) >= 11 is 0. The van der Waals surface area contributed by atoms with Gasteiger partial charge in [0, 0.05) is 5.56 Å². The van der Waals surface area contributed by atoms with E-state index in [2.05, 4.69) is 5.11 Å². The highest BCUT2D eigenvalue weighted by atomic mass is 16.1. The van der Waals surface area contributed by atoms with E-state index >= 15 is 0 Å². The van der Waals surface area contributed by atoms with E-state index in [1.807, 2.05) is 0 Å². The molecule has 0 aromatic heterocycles. The summed E-state index contributed by atoms with van der Waals surface area (Å²) in [6.45, 7) is 0. The van der Waals surface area contributed by atoms with Gasteiger partial charge in [0.05, 0.1) is 5.69 Å². The van der Waals surface area contributed by atoms with Gasteiger partial charge in [-0.2, -0.15) is 5.11 Å². The lowest BCUT2D eigenvalue weighted by molar-refractivity contribution is 0.112. The van der Waals surface area contributed by atoms with Crippen LogP contribution in [0.4, 0.5) is 5.69 Å². The molecule has 0 aliphatic rings. The first kappa shape index (κ1) is 6.61. The third-order valence-electron chi connectivity index (χ3n) is 1.16. The summed E-state index contributed by atoms with van der Waals surface area (Å²) in [6, 6.07) is 6.49. The molecule has 1 aromatic rings. The molecule has 50 valence electrons. The molecule has 0 amide bonds. The molecular weight excluding hydrogens is 128 g/mol. The monoisotopic (exact) mass is 134 g/mol. The topological polar surface area (TPSA) is 53.3 Å². The smallest absolute Gasteiger partial charge is 0.150 e. The van der Waals surface area contributed by atoms with Gasteiger partial charge in [0.1, 0.15) is 6.29 Å². The van der Waals surface area contributed by atoms with Crippen molar-refractivity contribution in [2.24, 2.45) is 5.11 Å². The van der Waals surface area contributed by atoms with Crippen LogP contribution in [0.1, 0.15) is 10.4 Å². The Morgan fingerprint density at radius 3 is 2.30 bits per heavy atom. The Hall–Kier alpha value is -1.51. The highest BCUT2D eigenvalue weighted by Crippen LogP contribution is 2.10. The van der Waals surface area contributed by atoms with Crippen molar-refractivity contribution in [3.8, 4) is 0 Å². The van der Waals surface area contributed by atoms with Crippen LogP contribution in [0, 0.1) is 5.53 Å². The molecular formula is C7H6N2O. The summed E-state index contributed by atoms with van der Waals surface area (Å²) in [5.74, 6) is 0. The van der Waals surface area contributed by atoms with E-state index in [-0.39, 0.29) is 0 Å². The lowest BCUT2D eigenvalue weighted by Crippen LogP contribution is -1.74. The van der Waals surface area contributed by atoms with E-state index < -0.39 is 0 Å². The Kier molecular flexibility index (Phi) is 1.89. The van der Waals surface area contributed by atoms with Gasteiger partial charge < -0.3 is 0 Å². The van der Waals surface area contributed by atoms with Gasteiger partial charge in [-0.1, -0.05) is 0 Å². The summed E-state index contributed by atoms with van der Waals surface area (Å²) in [6.07, 6.45) is 0.758. The standard InChI is InChI=1S/C7H6N2O/c8-9-7-3-1-6(5-10)2-4-7/h1-5,8H. The van der Waals surface area contributed by atoms with Crippen LogP contribution in [0.5, 0.6) is 0 Å². The minimum absolute atomic E-state index is 0.561. The molecule has 0 unspecified atom stereocenters. The summed E-state index contributed by atoms with van der Waals surface area (Å²) < 4.78 is 0. The van der Waals surface area contributed by atoms with E-state index in [1.54, 1.807) is 24.3 Å². The Morgan fingerprint density at radius 2 is 1.90 bits per heavy atom. The number of nitrogens with zero attached hydrogens (tertiary/aromatic N) is 1. The van der Waals surface area contributed by atoms with Crippen LogP contribution in [0.25, 0.3) is 0 Å². The fourth-order valence-electron chi connectivity index (χ4n) is 0.627. The molecule has 3 heteroatoms. The summed E-state index contributed by atoms with van der Waals surface area (Å²) in [7, 11) is 0. The van der Waals surface area contributed by atoms with Crippen molar-refractivity contribution in [2.45, 2.75) is 0 Å². The lowest BCUT2D eigenvalue weighted by Gasteiger charge is -1.89. The molecule has 3 nitrogen and oxygen atoms in total. The summed E-state index contributed by atoms with van der Waals surface area (Å²) in [4.78, 5) is 10.1. The predicted octanol–water partition coefficient (Wildman–Crippen LogP) is 2.16. The predicted molar refractivity (Wildman–Crippen MR) is 36.6 cm³/mol. The minimum atomic E-state index is 0.561. The average Bonchev–Trinajstić information content (AvgIpc) is 2.05. The molecule has 0 aliphatic heterocycles. The number of aldehydes is 1. The number of hydrogen-bond acceptors (Lipinski definition) is 3. The zero-order chi connectivity index (χ0) is 7.40. The van der Waals surface area contributed by atoms with Crippen LogP contribution in [0.15, 0.2) is 29.4 Å². The number of carbonyl (C=O) groups excluding carboxylic acids is 1. The summed E-state index contributed by atoms with van der Waals surface area (Å²) in [5.41, 5.74) is 7.77. The molecule has 0 aliphatic carbocycles. The molecule has 0 radical (unpaired) electrons. The van der Waals surface area contributed by atoms with Crippen molar-refractivity contribution in [3.05, 3.63) is 29.8 Å². The Bertz CT molecular complexity index is 213. The van der Waals surface area contributed by atoms with Crippen molar-refractivity contribution in [1.82, 2.24) is 0 Å². The van der Waals surface area contributed by atoms with Crippen molar-refractivity contribution in [1.29, 1.82) is 5.53 Å². The molecule has 0 saturated carbocycles. The van der Waals surface area contributed by atoms with Crippen molar-refractivity contribution in [3.63, 3.8) is 0 Å². The summed E-state index contributed by atoms with van der Waals surface area (Å²) in [5, 5.41) is 3.18. The average molecular weight is 134 g/mol. The van der Waals surface area contributed by atoms with Crippen LogP contribution in [0.2, 0.25) is 0 Å². The quantitative estimate of drug-likeness (QED) is 0.489. The van der Waals surface area contributed by atoms with Gasteiger partial charge in [0.25, 0.3) is 0 Å². The number of nitrogens with one attached hydrogen (secondary N) is 1. The van der Waals surface area contributed by atoms with E-state index in [4.69, 9.17) is 5.53 Å². The normalized spacial score (nSPS) is 8.80. The SMILES string of the molecule is N=Nc1ccc(C=O)cc1. The largest absolute Gasteiger partial charge is 0.298 e. The first-order chi connectivity index (χ1) is 4.86. The first-order valence-electron chi connectivity index (χ1n) is 2.79. The first-order valence-corrected chi connectivity index (χ1v) is 2.79. The second-order valence-electron chi connectivity index (χ2n) is 1.82. The molecule has 1 N–H and O–H groups in total. The molecule has 0 heterocycles. The van der Waals surface area contributed by atoms with Gasteiger partial charge in [-0.15, -0.1) is 0 Å². The minimum Gasteiger partial charge on any atom is -0.298 e. The van der Waals surface area contributed by atoms with Gasteiger partial charge in [-0.05, 0) is 24.3 Å². The molecule has 0 fully saturated rings. The van der Waals surface area contributed by atoms with Gasteiger partial charge >= 0.3 is 0 Å². The Labute approximate surface area is 58.2 Å². The molecule has 0 saturated heterocycles. The third-order valence-corrected chi connectivity index (χ3v) is 1.16. The highest BCUT2D eigenvalue weighted by Gasteiger charge is 1.88. The van der Waals surface area contributed by atoms with Crippen molar-refractivity contribution >= 4 is 12.0 Å². The number of rotatable bonds is 2. The second-order valence-corrected chi connectivity index (χ2v) is 1.82. The zero-order valence-corrected chi connectivity index (χ0v) is 5.24. The van der Waals surface area contributed by atoms with Crippen molar-refractivity contribution < 1.29 is 4.79 Å². The fourth-order valence-corrected chi connectivity index (χ4v) is 0.627. The van der Waals surface area contributed by atoms with E-state index in [1.165, 1.54) is 0 Å². The van der Waals surface area contributed by atoms with Crippen LogP contribution in [-0.2, 0) is 0 Å². The van der Waals surface area contributed by atoms with Gasteiger partial charge in [-0.3, -0.25) is 4.79 Å². The van der Waals surface area contributed by atoms with Crippen LogP contribution in [0.3, 0.4) is 0 Å². The lowest BCUT2D eigenvalue weighted by atomic mass is 10.2. The van der Waals surface area contributed by atoms with Gasteiger partial charge in [0.2, 0.25) is 0 Å². The van der Waals surface area contributed by atoms with E-state index in [0.717, 1.165) is 6.29 Å². The second kappa shape index (κ2) is 2.87. The maximum absolute atomic E-state index is 10.1. The van der Waals surface area contributed by atoms with Crippen LogP contribution >= 0.6 is 0 Å². The van der Waals surface area contributed by atoms with E-state index in [9.17, 15) is 4.79 Å². The Balaban J connectivity index is 3.00. The van der Waals surface area contributed by atoms with E-state index in [0.29, 0.717) is 11.3 Å².